The lowest BCUT2D eigenvalue weighted by atomic mass is 9.87. The smallest absolute Gasteiger partial charge is 0.226 e. The number of aromatic nitrogens is 2. The molecule has 116 valence electrons. The van der Waals surface area contributed by atoms with Crippen molar-refractivity contribution in [2.45, 2.75) is 18.9 Å². The molecule has 1 unspecified atom stereocenters. The van der Waals surface area contributed by atoms with Gasteiger partial charge >= 0.3 is 0 Å². The van der Waals surface area contributed by atoms with Crippen LogP contribution >= 0.6 is 11.3 Å². The van der Waals surface area contributed by atoms with Gasteiger partial charge in [-0.2, -0.15) is 5.10 Å². The number of phenols is 1. The van der Waals surface area contributed by atoms with Crippen molar-refractivity contribution in [3.8, 4) is 5.75 Å². The van der Waals surface area contributed by atoms with Gasteiger partial charge in [-0.05, 0) is 29.1 Å². The Morgan fingerprint density at radius 3 is 3.04 bits per heavy atom. The summed E-state index contributed by atoms with van der Waals surface area (Å²) in [6, 6.07) is 11.1. The number of anilines is 1. The molecule has 1 aromatic carbocycles. The van der Waals surface area contributed by atoms with Gasteiger partial charge in [0.25, 0.3) is 0 Å². The van der Waals surface area contributed by atoms with Gasteiger partial charge in [-0.15, -0.1) is 11.3 Å². The van der Waals surface area contributed by atoms with Crippen molar-refractivity contribution in [2.24, 2.45) is 0 Å². The summed E-state index contributed by atoms with van der Waals surface area (Å²) >= 11 is 1.67. The van der Waals surface area contributed by atoms with Crippen LogP contribution in [0.1, 0.15) is 28.3 Å². The Morgan fingerprint density at radius 2 is 2.26 bits per heavy atom. The van der Waals surface area contributed by atoms with E-state index in [1.165, 1.54) is 4.88 Å². The van der Waals surface area contributed by atoms with Crippen LogP contribution in [0.3, 0.4) is 0 Å². The summed E-state index contributed by atoms with van der Waals surface area (Å²) < 4.78 is 1.83. The fourth-order valence-electron chi connectivity index (χ4n) is 2.98. The minimum atomic E-state index is -0.0806. The van der Waals surface area contributed by atoms with E-state index >= 15 is 0 Å². The minimum absolute atomic E-state index is 0.0289. The molecular weight excluding hydrogens is 310 g/mol. The van der Waals surface area contributed by atoms with Crippen molar-refractivity contribution in [3.63, 3.8) is 0 Å². The molecule has 0 fully saturated rings. The van der Waals surface area contributed by atoms with Gasteiger partial charge in [0, 0.05) is 22.8 Å². The van der Waals surface area contributed by atoms with Crippen molar-refractivity contribution in [1.82, 2.24) is 9.78 Å². The maximum Gasteiger partial charge on any atom is 0.226 e. The first kappa shape index (κ1) is 14.0. The predicted octanol–water partition coefficient (Wildman–Crippen LogP) is 3.17. The highest BCUT2D eigenvalue weighted by atomic mass is 32.1. The van der Waals surface area contributed by atoms with Crippen LogP contribution in [0.2, 0.25) is 0 Å². The van der Waals surface area contributed by atoms with Crippen LogP contribution in [0.5, 0.6) is 5.75 Å². The third-order valence-corrected chi connectivity index (χ3v) is 4.91. The molecule has 2 N–H and O–H groups in total. The zero-order chi connectivity index (χ0) is 15.8. The second-order valence-electron chi connectivity index (χ2n) is 5.59. The molecule has 0 saturated carbocycles. The van der Waals surface area contributed by atoms with Gasteiger partial charge in [0.05, 0.1) is 12.7 Å². The van der Waals surface area contributed by atoms with Crippen molar-refractivity contribution in [3.05, 3.63) is 64.0 Å². The van der Waals surface area contributed by atoms with Gasteiger partial charge in [-0.25, -0.2) is 4.68 Å². The molecule has 0 aliphatic carbocycles. The highest BCUT2D eigenvalue weighted by Crippen LogP contribution is 2.38. The zero-order valence-electron chi connectivity index (χ0n) is 12.3. The number of carbonyl (C=O) groups excluding carboxylic acids is 1. The van der Waals surface area contributed by atoms with E-state index in [2.05, 4.69) is 16.5 Å². The average Bonchev–Trinajstić information content (AvgIpc) is 3.18. The summed E-state index contributed by atoms with van der Waals surface area (Å²) in [6.45, 7) is 0.639. The Morgan fingerprint density at radius 1 is 1.35 bits per heavy atom. The van der Waals surface area contributed by atoms with Crippen molar-refractivity contribution < 1.29 is 9.90 Å². The lowest BCUT2D eigenvalue weighted by Gasteiger charge is -2.23. The second-order valence-corrected chi connectivity index (χ2v) is 6.62. The Balaban J connectivity index is 1.73. The van der Waals surface area contributed by atoms with E-state index in [1.54, 1.807) is 29.5 Å². The molecule has 6 heteroatoms. The lowest BCUT2D eigenvalue weighted by molar-refractivity contribution is -0.116. The van der Waals surface area contributed by atoms with E-state index in [9.17, 15) is 9.90 Å². The number of amides is 1. The highest BCUT2D eigenvalue weighted by Gasteiger charge is 2.30. The summed E-state index contributed by atoms with van der Waals surface area (Å²) in [7, 11) is 0. The van der Waals surface area contributed by atoms with Gasteiger partial charge in [-0.1, -0.05) is 18.2 Å². The van der Waals surface area contributed by atoms with E-state index in [-0.39, 0.29) is 17.6 Å². The van der Waals surface area contributed by atoms with Gasteiger partial charge in [0.1, 0.15) is 11.6 Å². The second kappa shape index (κ2) is 5.55. The zero-order valence-corrected chi connectivity index (χ0v) is 13.1. The van der Waals surface area contributed by atoms with Crippen LogP contribution in [0.15, 0.2) is 48.0 Å². The summed E-state index contributed by atoms with van der Waals surface area (Å²) in [5.41, 5.74) is 1.92. The van der Waals surface area contributed by atoms with Gasteiger partial charge < -0.3 is 10.4 Å². The number of benzene rings is 1. The number of phenolic OH excluding ortho intramolecular Hbond substituents is 1. The predicted molar refractivity (Wildman–Crippen MR) is 88.8 cm³/mol. The third-order valence-electron chi connectivity index (χ3n) is 4.05. The Kier molecular flexibility index (Phi) is 3.38. The number of hydrogen-bond donors (Lipinski definition) is 2. The number of aromatic hydroxyl groups is 1. The molecule has 5 nitrogen and oxygen atoms in total. The molecule has 1 aliphatic rings. The average molecular weight is 325 g/mol. The monoisotopic (exact) mass is 325 g/mol. The van der Waals surface area contributed by atoms with Crippen LogP contribution in [-0.4, -0.2) is 20.8 Å². The maximum atomic E-state index is 12.1. The van der Waals surface area contributed by atoms with Crippen LogP contribution in [0, 0.1) is 0 Å². The Bertz CT molecular complexity index is 855. The van der Waals surface area contributed by atoms with Crippen molar-refractivity contribution >= 4 is 23.1 Å². The standard InChI is InChI=1S/C17H15N3O2S/c21-12-4-1-3-11(7-12)14-8-16(22)19-17-15(14)9-18-20(17)10-13-5-2-6-23-13/h1-7,9,14,21H,8,10H2,(H,19,22). The van der Waals surface area contributed by atoms with Crippen LogP contribution in [0.25, 0.3) is 0 Å². The van der Waals surface area contributed by atoms with Gasteiger partial charge in [-0.3, -0.25) is 4.79 Å². The molecule has 3 heterocycles. The largest absolute Gasteiger partial charge is 0.508 e. The lowest BCUT2D eigenvalue weighted by Crippen LogP contribution is -2.25. The first-order valence-electron chi connectivity index (χ1n) is 7.37. The SMILES string of the molecule is O=C1CC(c2cccc(O)c2)c2cnn(Cc3cccs3)c2N1. The molecule has 2 aromatic heterocycles. The van der Waals surface area contributed by atoms with E-state index in [0.717, 1.165) is 16.9 Å². The molecule has 0 spiro atoms. The van der Waals surface area contributed by atoms with Crippen molar-refractivity contribution in [1.29, 1.82) is 0 Å². The Labute approximate surface area is 137 Å². The minimum Gasteiger partial charge on any atom is -0.508 e. The number of nitrogens with one attached hydrogen (secondary N) is 1. The van der Waals surface area contributed by atoms with Crippen LogP contribution in [0.4, 0.5) is 5.82 Å². The van der Waals surface area contributed by atoms with Crippen LogP contribution < -0.4 is 5.32 Å². The number of fused-ring (bicyclic) bond motifs is 1. The van der Waals surface area contributed by atoms with E-state index in [4.69, 9.17) is 0 Å². The van der Waals surface area contributed by atoms with Crippen molar-refractivity contribution in [2.75, 3.05) is 5.32 Å². The van der Waals surface area contributed by atoms with E-state index in [0.29, 0.717) is 13.0 Å². The number of nitrogens with zero attached hydrogens (tertiary/aromatic N) is 2. The number of thiophene rings is 1. The normalized spacial score (nSPS) is 16.9. The molecular formula is C17H15N3O2S. The maximum absolute atomic E-state index is 12.1. The molecule has 3 aromatic rings. The number of rotatable bonds is 3. The summed E-state index contributed by atoms with van der Waals surface area (Å²) in [5, 5.41) is 19.1. The first-order valence-corrected chi connectivity index (χ1v) is 8.25. The molecule has 0 bridgehead atoms. The summed E-state index contributed by atoms with van der Waals surface area (Å²) in [4.78, 5) is 13.3. The molecule has 23 heavy (non-hydrogen) atoms. The van der Waals surface area contributed by atoms with E-state index < -0.39 is 0 Å². The topological polar surface area (TPSA) is 67.1 Å². The molecule has 1 aliphatic heterocycles. The Hall–Kier alpha value is -2.60. The molecule has 1 amide bonds. The summed E-state index contributed by atoms with van der Waals surface area (Å²) in [6.07, 6.45) is 2.18. The quantitative estimate of drug-likeness (QED) is 0.777. The highest BCUT2D eigenvalue weighted by molar-refractivity contribution is 7.09. The number of hydrogen-bond acceptors (Lipinski definition) is 4. The van der Waals surface area contributed by atoms with Gasteiger partial charge in [0.2, 0.25) is 5.91 Å². The number of carbonyl (C=O) groups is 1. The molecule has 0 radical (unpaired) electrons. The molecule has 0 saturated heterocycles. The van der Waals surface area contributed by atoms with Crippen LogP contribution in [-0.2, 0) is 11.3 Å². The fraction of sp³-hybridized carbons (Fsp3) is 0.176. The molecule has 1 atom stereocenters. The first-order chi connectivity index (χ1) is 11.2. The fourth-order valence-corrected chi connectivity index (χ4v) is 3.66. The van der Waals surface area contributed by atoms with Gasteiger partial charge in [0.15, 0.2) is 0 Å². The summed E-state index contributed by atoms with van der Waals surface area (Å²) in [5.74, 6) is 0.853. The molecule has 4 rings (SSSR count). The van der Waals surface area contributed by atoms with E-state index in [1.807, 2.05) is 28.4 Å². The third kappa shape index (κ3) is 2.61.